The summed E-state index contributed by atoms with van der Waals surface area (Å²) in [6.45, 7) is 2.66. The molecule has 140 valence electrons. The van der Waals surface area contributed by atoms with Crippen molar-refractivity contribution in [2.45, 2.75) is 26.4 Å². The molecule has 3 rings (SSSR count). The molecule has 0 unspecified atom stereocenters. The van der Waals surface area contributed by atoms with Crippen molar-refractivity contribution in [1.29, 1.82) is 0 Å². The Morgan fingerprint density at radius 3 is 2.52 bits per heavy atom. The Labute approximate surface area is 157 Å². The summed E-state index contributed by atoms with van der Waals surface area (Å²) in [6, 6.07) is 14.3. The van der Waals surface area contributed by atoms with Crippen molar-refractivity contribution in [2.24, 2.45) is 0 Å². The lowest BCUT2D eigenvalue weighted by molar-refractivity contribution is 0.0946. The summed E-state index contributed by atoms with van der Waals surface area (Å²) in [5.41, 5.74) is 0.766. The number of amides is 1. The molecule has 2 N–H and O–H groups in total. The van der Waals surface area contributed by atoms with E-state index in [2.05, 4.69) is 5.32 Å². The van der Waals surface area contributed by atoms with Crippen molar-refractivity contribution in [3.05, 3.63) is 70.0 Å². The Morgan fingerprint density at radius 2 is 1.85 bits per heavy atom. The molecule has 6 nitrogen and oxygen atoms in total. The van der Waals surface area contributed by atoms with E-state index in [4.69, 9.17) is 4.74 Å². The van der Waals surface area contributed by atoms with E-state index in [1.807, 2.05) is 19.1 Å². The quantitative estimate of drug-likeness (QED) is 0.703. The fraction of sp³-hybridized carbons (Fsp3) is 0.238. The molecule has 0 saturated carbocycles. The molecule has 1 aromatic heterocycles. The summed E-state index contributed by atoms with van der Waals surface area (Å²) in [5.74, 6) is -0.154. The predicted molar refractivity (Wildman–Crippen MR) is 104 cm³/mol. The van der Waals surface area contributed by atoms with Gasteiger partial charge < -0.3 is 19.7 Å². The van der Waals surface area contributed by atoms with Crippen molar-refractivity contribution < 1.29 is 14.6 Å². The average Bonchev–Trinajstić information content (AvgIpc) is 2.70. The lowest BCUT2D eigenvalue weighted by Crippen LogP contribution is -2.33. The van der Waals surface area contributed by atoms with Crippen molar-refractivity contribution in [3.63, 3.8) is 0 Å². The third-order valence-electron chi connectivity index (χ3n) is 4.43. The molecule has 0 spiro atoms. The number of methoxy groups -OCH3 is 1. The Kier molecular flexibility index (Phi) is 5.45. The van der Waals surface area contributed by atoms with E-state index in [0.29, 0.717) is 17.4 Å². The van der Waals surface area contributed by atoms with Crippen LogP contribution in [-0.4, -0.2) is 22.7 Å². The fourth-order valence-electron chi connectivity index (χ4n) is 3.05. The molecule has 1 heterocycles. The SMILES string of the molecule is CCCn1c(=O)c(C(=O)NCc2ccc(OC)cc2)c(O)c2ccccc21. The minimum Gasteiger partial charge on any atom is -0.506 e. The van der Waals surface area contributed by atoms with Crippen LogP contribution >= 0.6 is 0 Å². The highest BCUT2D eigenvalue weighted by Gasteiger charge is 2.21. The first-order valence-electron chi connectivity index (χ1n) is 8.82. The number of pyridine rings is 1. The Balaban J connectivity index is 1.94. The second-order valence-electron chi connectivity index (χ2n) is 6.23. The van der Waals surface area contributed by atoms with Gasteiger partial charge in [-0.1, -0.05) is 31.2 Å². The van der Waals surface area contributed by atoms with Gasteiger partial charge in [0, 0.05) is 18.5 Å². The molecule has 0 aliphatic carbocycles. The average molecular weight is 366 g/mol. The van der Waals surface area contributed by atoms with E-state index < -0.39 is 11.5 Å². The number of carbonyl (C=O) groups excluding carboxylic acids is 1. The molecular weight excluding hydrogens is 344 g/mol. The molecular formula is C21H22N2O4. The number of hydrogen-bond acceptors (Lipinski definition) is 4. The highest BCUT2D eigenvalue weighted by Crippen LogP contribution is 2.26. The van der Waals surface area contributed by atoms with Gasteiger partial charge >= 0.3 is 0 Å². The van der Waals surface area contributed by atoms with Crippen LogP contribution in [-0.2, 0) is 13.1 Å². The van der Waals surface area contributed by atoms with E-state index in [9.17, 15) is 14.7 Å². The zero-order chi connectivity index (χ0) is 19.4. The monoisotopic (exact) mass is 366 g/mol. The zero-order valence-electron chi connectivity index (χ0n) is 15.4. The number of hydrogen-bond donors (Lipinski definition) is 2. The van der Waals surface area contributed by atoms with Gasteiger partial charge in [-0.2, -0.15) is 0 Å². The highest BCUT2D eigenvalue weighted by molar-refractivity contribution is 6.02. The second kappa shape index (κ2) is 7.95. The number of para-hydroxylation sites is 1. The van der Waals surface area contributed by atoms with Crippen LogP contribution in [0.5, 0.6) is 11.5 Å². The van der Waals surface area contributed by atoms with Gasteiger partial charge in [0.1, 0.15) is 17.1 Å². The van der Waals surface area contributed by atoms with Gasteiger partial charge in [-0.15, -0.1) is 0 Å². The summed E-state index contributed by atoms with van der Waals surface area (Å²) in [5, 5.41) is 13.8. The Hall–Kier alpha value is -3.28. The van der Waals surface area contributed by atoms with Gasteiger partial charge in [-0.25, -0.2) is 0 Å². The maximum Gasteiger partial charge on any atom is 0.267 e. The van der Waals surface area contributed by atoms with Crippen LogP contribution in [0.1, 0.15) is 29.3 Å². The number of aromatic nitrogens is 1. The van der Waals surface area contributed by atoms with Crippen LogP contribution < -0.4 is 15.6 Å². The number of nitrogens with zero attached hydrogens (tertiary/aromatic N) is 1. The van der Waals surface area contributed by atoms with E-state index in [0.717, 1.165) is 17.7 Å². The Bertz CT molecular complexity index is 1020. The first-order chi connectivity index (χ1) is 13.1. The maximum atomic E-state index is 12.9. The number of ether oxygens (including phenoxy) is 1. The van der Waals surface area contributed by atoms with Gasteiger partial charge in [0.2, 0.25) is 0 Å². The lowest BCUT2D eigenvalue weighted by Gasteiger charge is -2.14. The molecule has 6 heteroatoms. The van der Waals surface area contributed by atoms with E-state index in [-0.39, 0.29) is 17.9 Å². The highest BCUT2D eigenvalue weighted by atomic mass is 16.5. The van der Waals surface area contributed by atoms with Crippen LogP contribution in [0.2, 0.25) is 0 Å². The minimum absolute atomic E-state index is 0.226. The van der Waals surface area contributed by atoms with E-state index in [1.165, 1.54) is 4.57 Å². The zero-order valence-corrected chi connectivity index (χ0v) is 15.4. The van der Waals surface area contributed by atoms with Crippen molar-refractivity contribution >= 4 is 16.8 Å². The molecule has 0 radical (unpaired) electrons. The number of carbonyl (C=O) groups is 1. The van der Waals surface area contributed by atoms with Crippen LogP contribution in [0.3, 0.4) is 0 Å². The summed E-state index contributed by atoms with van der Waals surface area (Å²) in [7, 11) is 1.58. The molecule has 0 atom stereocenters. The minimum atomic E-state index is -0.594. The number of aryl methyl sites for hydroxylation is 1. The first-order valence-corrected chi connectivity index (χ1v) is 8.82. The molecule has 27 heavy (non-hydrogen) atoms. The molecule has 0 fully saturated rings. The molecule has 0 saturated heterocycles. The molecule has 0 aliphatic rings. The van der Waals surface area contributed by atoms with E-state index in [1.54, 1.807) is 43.5 Å². The summed E-state index contributed by atoms with van der Waals surface area (Å²) >= 11 is 0. The topological polar surface area (TPSA) is 80.6 Å². The maximum absolute atomic E-state index is 12.9. The third kappa shape index (κ3) is 3.65. The van der Waals surface area contributed by atoms with E-state index >= 15 is 0 Å². The van der Waals surface area contributed by atoms with Crippen LogP contribution in [0.4, 0.5) is 0 Å². The molecule has 1 amide bonds. The third-order valence-corrected chi connectivity index (χ3v) is 4.43. The molecule has 2 aromatic carbocycles. The predicted octanol–water partition coefficient (Wildman–Crippen LogP) is 3.06. The first kappa shape index (κ1) is 18.5. The van der Waals surface area contributed by atoms with Crippen molar-refractivity contribution in [3.8, 4) is 11.5 Å². The van der Waals surface area contributed by atoms with Gasteiger partial charge in [0.05, 0.1) is 12.6 Å². The largest absolute Gasteiger partial charge is 0.506 e. The van der Waals surface area contributed by atoms with Crippen LogP contribution in [0.15, 0.2) is 53.3 Å². The van der Waals surface area contributed by atoms with Gasteiger partial charge in [0.25, 0.3) is 11.5 Å². The van der Waals surface area contributed by atoms with Gasteiger partial charge in [-0.3, -0.25) is 9.59 Å². The summed E-state index contributed by atoms with van der Waals surface area (Å²) in [6.07, 6.45) is 0.738. The number of benzene rings is 2. The normalized spacial score (nSPS) is 10.7. The molecule has 3 aromatic rings. The number of aromatic hydroxyl groups is 1. The van der Waals surface area contributed by atoms with Gasteiger partial charge in [0.15, 0.2) is 0 Å². The molecule has 0 aliphatic heterocycles. The lowest BCUT2D eigenvalue weighted by atomic mass is 10.1. The fourth-order valence-corrected chi connectivity index (χ4v) is 3.05. The van der Waals surface area contributed by atoms with Crippen LogP contribution in [0, 0.1) is 0 Å². The number of rotatable bonds is 6. The number of fused-ring (bicyclic) bond motifs is 1. The Morgan fingerprint density at radius 1 is 1.15 bits per heavy atom. The molecule has 0 bridgehead atoms. The van der Waals surface area contributed by atoms with Crippen molar-refractivity contribution in [1.82, 2.24) is 9.88 Å². The summed E-state index contributed by atoms with van der Waals surface area (Å²) < 4.78 is 6.65. The summed E-state index contributed by atoms with van der Waals surface area (Å²) in [4.78, 5) is 25.5. The second-order valence-corrected chi connectivity index (χ2v) is 6.23. The van der Waals surface area contributed by atoms with Crippen molar-refractivity contribution in [2.75, 3.05) is 7.11 Å². The van der Waals surface area contributed by atoms with Crippen LogP contribution in [0.25, 0.3) is 10.9 Å². The smallest absolute Gasteiger partial charge is 0.267 e. The van der Waals surface area contributed by atoms with Gasteiger partial charge in [-0.05, 0) is 36.2 Å². The number of nitrogens with one attached hydrogen (secondary N) is 1. The standard InChI is InChI=1S/C21H22N2O4/c1-3-12-23-17-7-5-4-6-16(17)19(24)18(21(23)26)20(25)22-13-14-8-10-15(27-2)11-9-14/h4-11,24H,3,12-13H2,1-2H3,(H,22,25).